The summed E-state index contributed by atoms with van der Waals surface area (Å²) in [7, 11) is 1.31. The second-order valence-electron chi connectivity index (χ2n) is 25.3. The molecule has 6 aromatic carbocycles. The number of hydrogen-bond acceptors (Lipinski definition) is 24. The molecule has 0 aliphatic carbocycles. The molecule has 0 aromatic heterocycles. The number of methoxy groups -OCH3 is 1. The number of carboxylic acids is 1. The Morgan fingerprint density at radius 3 is 1.34 bits per heavy atom. The predicted molar refractivity (Wildman–Crippen MR) is 365 cm³/mol. The van der Waals surface area contributed by atoms with Crippen LogP contribution in [0.1, 0.15) is 102 Å². The average Bonchev–Trinajstić information content (AvgIpc) is 0.801. The number of hydrogen-bond donors (Lipinski definition) is 12. The molecule has 538 valence electrons. The summed E-state index contributed by atoms with van der Waals surface area (Å²) in [6.07, 6.45) is -12.8. The molecule has 25 nitrogen and oxygen atoms in total. The van der Waals surface area contributed by atoms with Gasteiger partial charge in [0.1, 0.15) is 96.6 Å². The fourth-order valence-electron chi connectivity index (χ4n) is 13.0. The number of carboxylic acid groups (broad SMARTS) is 1. The van der Waals surface area contributed by atoms with Gasteiger partial charge in [-0.1, -0.05) is 110 Å². The maximum atomic E-state index is 11.9. The zero-order valence-electron chi connectivity index (χ0n) is 56.2. The third-order valence-corrected chi connectivity index (χ3v) is 19.8. The van der Waals surface area contributed by atoms with Crippen LogP contribution >= 0.6 is 34.8 Å². The van der Waals surface area contributed by atoms with Crippen LogP contribution in [0.25, 0.3) is 0 Å². The number of benzene rings is 6. The summed E-state index contributed by atoms with van der Waals surface area (Å²) in [5.41, 5.74) is 9.71. The van der Waals surface area contributed by atoms with E-state index in [9.17, 15) is 55.2 Å². The molecule has 3 fully saturated rings. The average molecular weight is 1450 g/mol. The molecule has 0 radical (unpaired) electrons. The van der Waals surface area contributed by atoms with E-state index in [0.717, 1.165) is 56.7 Å². The zero-order valence-corrected chi connectivity index (χ0v) is 58.5. The zero-order chi connectivity index (χ0) is 71.1. The molecular formula is C72H82Cl3LiN4O21. The first-order chi connectivity index (χ1) is 47.4. The number of esters is 2. The molecule has 6 aliphatic heterocycles. The first-order valence-electron chi connectivity index (χ1n) is 32.5. The fraction of sp³-hybridized carbons (Fsp3) is 0.444. The van der Waals surface area contributed by atoms with Crippen molar-refractivity contribution in [3.63, 3.8) is 0 Å². The Bertz CT molecular complexity index is 3910. The van der Waals surface area contributed by atoms with E-state index < -0.39 is 105 Å². The summed E-state index contributed by atoms with van der Waals surface area (Å²) in [6.45, 7) is 7.75. The first-order valence-corrected chi connectivity index (χ1v) is 33.6. The Hall–Kier alpha value is -6.99. The number of ether oxygens (including phenoxy) is 8. The van der Waals surface area contributed by atoms with Gasteiger partial charge in [0.05, 0.1) is 63.1 Å². The van der Waals surface area contributed by atoms with Gasteiger partial charge in [-0.2, -0.15) is 5.26 Å². The number of aliphatic hydroxyl groups is 8. The number of fused-ring (bicyclic) bond motifs is 3. The summed E-state index contributed by atoms with van der Waals surface area (Å²) >= 11 is 19.4. The Morgan fingerprint density at radius 2 is 0.941 bits per heavy atom. The summed E-state index contributed by atoms with van der Waals surface area (Å²) < 4.78 is 45.1. The molecular weight excluding hydrogens is 1370 g/mol. The molecule has 101 heavy (non-hydrogen) atoms. The molecule has 6 heterocycles. The van der Waals surface area contributed by atoms with Gasteiger partial charge >= 0.3 is 36.8 Å². The van der Waals surface area contributed by atoms with Gasteiger partial charge in [-0.15, -0.1) is 0 Å². The second-order valence-corrected chi connectivity index (χ2v) is 26.5. The molecule has 12 rings (SSSR count). The third kappa shape index (κ3) is 18.5. The molecule has 0 bridgehead atoms. The van der Waals surface area contributed by atoms with E-state index in [1.54, 1.807) is 48.5 Å². The molecule has 0 amide bonds. The van der Waals surface area contributed by atoms with Crippen molar-refractivity contribution in [3.8, 4) is 23.3 Å². The van der Waals surface area contributed by atoms with Gasteiger partial charge in [0.15, 0.2) is 0 Å². The number of carbonyl (C=O) groups excluding carboxylic acids is 2. The van der Waals surface area contributed by atoms with Gasteiger partial charge in [-0.3, -0.25) is 4.79 Å². The van der Waals surface area contributed by atoms with E-state index in [-0.39, 0.29) is 73.5 Å². The van der Waals surface area contributed by atoms with E-state index in [1.165, 1.54) is 14.0 Å². The van der Waals surface area contributed by atoms with E-state index in [2.05, 4.69) is 48.9 Å². The van der Waals surface area contributed by atoms with Crippen molar-refractivity contribution in [1.29, 1.82) is 5.26 Å². The normalized spacial score (nSPS) is 28.3. The third-order valence-electron chi connectivity index (χ3n) is 18.7. The summed E-state index contributed by atoms with van der Waals surface area (Å²) in [5.74, 6) is 0.325. The summed E-state index contributed by atoms with van der Waals surface area (Å²) in [4.78, 5) is 34.7. The predicted octanol–water partition coefficient (Wildman–Crippen LogP) is 4.00. The molecule has 0 saturated carbocycles. The SMILES string of the molecule is CC[C@H]1O[C@@H](c2ccc(Cl)c(Cc3ccc4c(c3)NCC(C#N)O4)c2)C(OC(C)=O)[C@@H](C)C1C.COC(=O)C1CNc2cc(Cc3cc([C@@H]4O[C@H](CO)[C@@H](O)[C@H](O)[C@H]4O)ccc3Cl)ccc2O1.O=C(O)C1CNc2cc(Cc3cc([C@@H]4O[C@H](CO)[C@@H](O)[C@H](O)[C@H]4O)ccc3Cl)ccc2O1.[Li+].[OH-]. The monoisotopic (exact) mass is 1450 g/mol. The number of nitriles is 1. The van der Waals surface area contributed by atoms with Crippen LogP contribution in [0.15, 0.2) is 109 Å². The Kier molecular flexibility index (Phi) is 28.0. The molecule has 6 aromatic rings. The molecule has 0 spiro atoms. The van der Waals surface area contributed by atoms with Gasteiger partial charge in [-0.25, -0.2) is 9.59 Å². The smallest absolute Gasteiger partial charge is 0.870 e. The van der Waals surface area contributed by atoms with Crippen LogP contribution in [0.3, 0.4) is 0 Å². The Labute approximate surface area is 610 Å². The molecule has 29 heteroatoms. The number of aliphatic carboxylic acids is 1. The number of anilines is 3. The van der Waals surface area contributed by atoms with Crippen molar-refractivity contribution in [3.05, 3.63) is 174 Å². The minimum absolute atomic E-state index is 0. The van der Waals surface area contributed by atoms with Crippen LogP contribution in [0.2, 0.25) is 15.1 Å². The number of halogens is 3. The van der Waals surface area contributed by atoms with Crippen molar-refractivity contribution in [2.45, 2.75) is 151 Å². The number of aliphatic hydroxyl groups excluding tert-OH is 8. The van der Waals surface area contributed by atoms with E-state index in [1.807, 2.05) is 54.6 Å². The van der Waals surface area contributed by atoms with Crippen LogP contribution in [0, 0.1) is 23.2 Å². The van der Waals surface area contributed by atoms with Crippen LogP contribution in [0.4, 0.5) is 17.1 Å². The number of nitrogens with one attached hydrogen (secondary N) is 3. The van der Waals surface area contributed by atoms with Gasteiger partial charge in [0.25, 0.3) is 0 Å². The molecule has 3 saturated heterocycles. The molecule has 5 unspecified atom stereocenters. The van der Waals surface area contributed by atoms with Crippen molar-refractivity contribution in [2.24, 2.45) is 11.8 Å². The van der Waals surface area contributed by atoms with Crippen LogP contribution in [0.5, 0.6) is 17.2 Å². The van der Waals surface area contributed by atoms with Gasteiger partial charge < -0.3 is 105 Å². The maximum Gasteiger partial charge on any atom is 1.00 e. The number of nitrogens with zero attached hydrogens (tertiary/aromatic N) is 1. The second kappa shape index (κ2) is 35.5. The number of rotatable bonds is 15. The Balaban J connectivity index is 0.000000191. The topological polar surface area (TPSA) is 397 Å². The van der Waals surface area contributed by atoms with Gasteiger partial charge in [0.2, 0.25) is 18.3 Å². The fourth-order valence-corrected chi connectivity index (χ4v) is 13.5. The largest absolute Gasteiger partial charge is 1.00 e. The number of carbonyl (C=O) groups is 3. The van der Waals surface area contributed by atoms with Crippen LogP contribution < -0.4 is 49.0 Å². The molecule has 18 atom stereocenters. The Morgan fingerprint density at radius 1 is 0.545 bits per heavy atom. The quantitative estimate of drug-likeness (QED) is 0.0510. The summed E-state index contributed by atoms with van der Waals surface area (Å²) in [5, 5.41) is 109. The molecule has 13 N–H and O–H groups in total. The van der Waals surface area contributed by atoms with Gasteiger partial charge in [0, 0.05) is 27.9 Å². The van der Waals surface area contributed by atoms with Crippen molar-refractivity contribution < 1.29 is 123 Å². The standard InChI is InChI=1S/C27H31ClN2O4.C23H26ClNO8.C22H24ClNO8.Li.H2O/c1-5-24-15(2)16(3)26(32-17(4)31)27(34-24)19-7-8-22(28)20(12-19)10-18-6-9-25-23(11-18)30-14-21(13-29)33-25;1-31-23(30)17-9-25-15-7-11(2-5-16(15)32-17)6-13-8-12(3-4-14(13)24)22-21(29)20(28)19(27)18(10-26)33-22;23-13-3-2-11(21-20(28)19(27)18(26)17(9-25)32-21)7-12(13)5-10-1-4-15-14(6-10)24-8-16(31-15)22(29)30;;/h6-9,11-12,15-16,21,24,26-27,30H,5,10,14H2,1-4H3;2-5,7-8,17-22,25-29H,6,9-10H2,1H3;1-4,6-7,16-21,24-28H,5,8-9H2,(H,29,30);;1H2/q;;;+1;/p-1/t15?,16-,21?,24+,26?,27-;17?,18-,19-,20+,21-,22+;16?,17-,18-,19+,20-,21+;;/m011../s1. The minimum atomic E-state index is -1.47. The van der Waals surface area contributed by atoms with E-state index in [0.29, 0.717) is 74.9 Å². The maximum absolute atomic E-state index is 11.9. The van der Waals surface area contributed by atoms with Gasteiger partial charge in [-0.05, 0) is 136 Å². The minimum Gasteiger partial charge on any atom is -0.870 e. The van der Waals surface area contributed by atoms with Crippen molar-refractivity contribution in [1.82, 2.24) is 0 Å². The molecule has 6 aliphatic rings. The van der Waals surface area contributed by atoms with E-state index >= 15 is 0 Å². The first kappa shape index (κ1) is 79.7. The van der Waals surface area contributed by atoms with Crippen LogP contribution in [-0.4, -0.2) is 189 Å². The van der Waals surface area contributed by atoms with Crippen molar-refractivity contribution >= 4 is 69.8 Å². The van der Waals surface area contributed by atoms with Crippen molar-refractivity contribution in [2.75, 3.05) is 55.9 Å². The van der Waals surface area contributed by atoms with Crippen LogP contribution in [-0.2, 0) is 57.3 Å². The summed E-state index contributed by atoms with van der Waals surface area (Å²) in [6, 6.07) is 35.0. The van der Waals surface area contributed by atoms with E-state index in [4.69, 9.17) is 83.1 Å².